The highest BCUT2D eigenvalue weighted by Crippen LogP contribution is 2.26. The number of hydrogen-bond acceptors (Lipinski definition) is 1. The Labute approximate surface area is 75.5 Å². The first-order chi connectivity index (χ1) is 5.68. The molecule has 0 aliphatic heterocycles. The molecule has 2 N–H and O–H groups in total. The van der Waals surface area contributed by atoms with Crippen molar-refractivity contribution in [2.24, 2.45) is 7.05 Å². The van der Waals surface area contributed by atoms with Crippen molar-refractivity contribution < 1.29 is 0 Å². The highest BCUT2D eigenvalue weighted by Gasteiger charge is 2.03. The Kier molecular flexibility index (Phi) is 1.51. The molecule has 2 rings (SSSR count). The molecule has 0 saturated heterocycles. The maximum absolute atomic E-state index is 5.97. The molecule has 0 spiro atoms. The molecule has 0 bridgehead atoms. The number of benzene rings is 1. The van der Waals surface area contributed by atoms with Crippen molar-refractivity contribution in [3.63, 3.8) is 0 Å². The summed E-state index contributed by atoms with van der Waals surface area (Å²) in [6.45, 7) is 0. The van der Waals surface area contributed by atoms with Crippen LogP contribution >= 0.6 is 11.6 Å². The van der Waals surface area contributed by atoms with E-state index in [1.165, 1.54) is 0 Å². The predicted octanol–water partition coefficient (Wildman–Crippen LogP) is 2.41. The monoisotopic (exact) mass is 180 g/mol. The number of anilines is 1. The van der Waals surface area contributed by atoms with Crippen molar-refractivity contribution in [2.45, 2.75) is 0 Å². The van der Waals surface area contributed by atoms with E-state index in [9.17, 15) is 0 Å². The molecule has 1 heterocycles. The molecule has 0 radical (unpaired) electrons. The Bertz CT molecular complexity index is 431. The van der Waals surface area contributed by atoms with E-state index in [2.05, 4.69) is 0 Å². The first-order valence-electron chi connectivity index (χ1n) is 3.68. The van der Waals surface area contributed by atoms with Crippen LogP contribution in [-0.4, -0.2) is 4.57 Å². The fraction of sp³-hybridized carbons (Fsp3) is 0.111. The van der Waals surface area contributed by atoms with E-state index in [0.29, 0.717) is 0 Å². The third-order valence-electron chi connectivity index (χ3n) is 1.96. The largest absolute Gasteiger partial charge is 0.399 e. The van der Waals surface area contributed by atoms with Crippen molar-refractivity contribution in [1.29, 1.82) is 0 Å². The molecule has 0 atom stereocenters. The fourth-order valence-corrected chi connectivity index (χ4v) is 1.66. The summed E-state index contributed by atoms with van der Waals surface area (Å²) in [6, 6.07) is 5.73. The van der Waals surface area contributed by atoms with Gasteiger partial charge in [-0.1, -0.05) is 11.6 Å². The number of aryl methyl sites for hydroxylation is 1. The van der Waals surface area contributed by atoms with Gasteiger partial charge < -0.3 is 10.3 Å². The van der Waals surface area contributed by atoms with Crippen LogP contribution in [-0.2, 0) is 7.05 Å². The lowest BCUT2D eigenvalue weighted by Gasteiger charge is -1.96. The van der Waals surface area contributed by atoms with E-state index in [1.807, 2.05) is 36.0 Å². The number of nitrogen functional groups attached to an aromatic ring is 1. The van der Waals surface area contributed by atoms with Gasteiger partial charge in [0.05, 0.1) is 5.02 Å². The zero-order valence-electron chi connectivity index (χ0n) is 6.71. The van der Waals surface area contributed by atoms with E-state index in [4.69, 9.17) is 17.3 Å². The average molecular weight is 181 g/mol. The van der Waals surface area contributed by atoms with Gasteiger partial charge in [-0.05, 0) is 18.2 Å². The van der Waals surface area contributed by atoms with Gasteiger partial charge >= 0.3 is 0 Å². The van der Waals surface area contributed by atoms with Crippen molar-refractivity contribution in [3.05, 3.63) is 29.4 Å². The molecule has 3 heteroatoms. The van der Waals surface area contributed by atoms with Gasteiger partial charge in [-0.25, -0.2) is 0 Å². The summed E-state index contributed by atoms with van der Waals surface area (Å²) in [4.78, 5) is 0. The van der Waals surface area contributed by atoms with E-state index < -0.39 is 0 Å². The van der Waals surface area contributed by atoms with Crippen LogP contribution in [0.3, 0.4) is 0 Å². The minimum absolute atomic E-state index is 0.746. The molecule has 0 aliphatic rings. The minimum Gasteiger partial charge on any atom is -0.399 e. The Morgan fingerprint density at radius 3 is 2.92 bits per heavy atom. The average Bonchev–Trinajstić information content (AvgIpc) is 2.28. The number of nitrogens with two attached hydrogens (primary N) is 1. The zero-order chi connectivity index (χ0) is 8.72. The van der Waals surface area contributed by atoms with Crippen molar-refractivity contribution in [1.82, 2.24) is 4.57 Å². The lowest BCUT2D eigenvalue weighted by Crippen LogP contribution is -1.85. The quantitative estimate of drug-likeness (QED) is 0.621. The van der Waals surface area contributed by atoms with Crippen LogP contribution in [0.2, 0.25) is 5.02 Å². The number of hydrogen-bond donors (Lipinski definition) is 1. The summed E-state index contributed by atoms with van der Waals surface area (Å²) in [5, 5.41) is 1.76. The second-order valence-corrected chi connectivity index (χ2v) is 3.27. The topological polar surface area (TPSA) is 30.9 Å². The first-order valence-corrected chi connectivity index (χ1v) is 4.06. The van der Waals surface area contributed by atoms with E-state index in [0.717, 1.165) is 21.6 Å². The predicted molar refractivity (Wildman–Crippen MR) is 52.3 cm³/mol. The third-order valence-corrected chi connectivity index (χ3v) is 2.27. The molecule has 1 aromatic heterocycles. The highest BCUT2D eigenvalue weighted by molar-refractivity contribution is 6.35. The molecule has 62 valence electrons. The van der Waals surface area contributed by atoms with Crippen LogP contribution in [0.4, 0.5) is 5.69 Å². The third kappa shape index (κ3) is 0.959. The van der Waals surface area contributed by atoms with Gasteiger partial charge in [0.25, 0.3) is 0 Å². The second-order valence-electron chi connectivity index (χ2n) is 2.86. The van der Waals surface area contributed by atoms with E-state index in [-0.39, 0.29) is 0 Å². The summed E-state index contributed by atoms with van der Waals surface area (Å²) in [7, 11) is 1.96. The normalized spacial score (nSPS) is 10.8. The van der Waals surface area contributed by atoms with Crippen molar-refractivity contribution in [3.8, 4) is 0 Å². The van der Waals surface area contributed by atoms with Gasteiger partial charge in [-0.15, -0.1) is 0 Å². The number of halogens is 1. The molecule has 1 aromatic carbocycles. The van der Waals surface area contributed by atoms with Crippen LogP contribution in [0.5, 0.6) is 0 Å². The lowest BCUT2D eigenvalue weighted by atomic mass is 10.2. The van der Waals surface area contributed by atoms with Gasteiger partial charge in [0.2, 0.25) is 0 Å². The summed E-state index contributed by atoms with van der Waals surface area (Å²) in [5.41, 5.74) is 7.49. The van der Waals surface area contributed by atoms with Gasteiger partial charge in [0, 0.05) is 29.8 Å². The first kappa shape index (κ1) is 7.50. The van der Waals surface area contributed by atoms with Gasteiger partial charge in [-0.2, -0.15) is 0 Å². The highest BCUT2D eigenvalue weighted by atomic mass is 35.5. The maximum atomic E-state index is 5.97. The molecule has 0 aliphatic carbocycles. The number of aromatic nitrogens is 1. The summed E-state index contributed by atoms with van der Waals surface area (Å²) in [5.74, 6) is 0. The minimum atomic E-state index is 0.746. The van der Waals surface area contributed by atoms with E-state index in [1.54, 1.807) is 0 Å². The zero-order valence-corrected chi connectivity index (χ0v) is 7.47. The maximum Gasteiger partial charge on any atom is 0.0662 e. The molecule has 2 nitrogen and oxygen atoms in total. The Morgan fingerprint density at radius 1 is 1.42 bits per heavy atom. The molecule has 12 heavy (non-hydrogen) atoms. The second kappa shape index (κ2) is 2.42. The molecule has 0 amide bonds. The molecule has 2 aromatic rings. The Morgan fingerprint density at radius 2 is 2.17 bits per heavy atom. The number of nitrogens with zero attached hydrogens (tertiary/aromatic N) is 1. The molecule has 0 saturated carbocycles. The van der Waals surface area contributed by atoms with Crippen LogP contribution in [0.25, 0.3) is 10.9 Å². The Balaban J connectivity index is 2.90. The Hall–Kier alpha value is -1.15. The molecular weight excluding hydrogens is 172 g/mol. The SMILES string of the molecule is Cn1cc(Cl)c2cc(N)ccc21. The molecule has 0 fully saturated rings. The number of fused-ring (bicyclic) bond motifs is 1. The smallest absolute Gasteiger partial charge is 0.0662 e. The van der Waals surface area contributed by atoms with Crippen molar-refractivity contribution >= 4 is 28.2 Å². The fourth-order valence-electron chi connectivity index (χ4n) is 1.36. The molecule has 0 unspecified atom stereocenters. The standard InChI is InChI=1S/C9H9ClN2/c1-12-5-8(10)7-4-6(11)2-3-9(7)12/h2-5H,11H2,1H3. The van der Waals surface area contributed by atoms with Crippen molar-refractivity contribution in [2.75, 3.05) is 5.73 Å². The van der Waals surface area contributed by atoms with Crippen LogP contribution < -0.4 is 5.73 Å². The number of rotatable bonds is 0. The van der Waals surface area contributed by atoms with E-state index >= 15 is 0 Å². The van der Waals surface area contributed by atoms with Gasteiger partial charge in [-0.3, -0.25) is 0 Å². The molecular formula is C9H9ClN2. The summed E-state index contributed by atoms with van der Waals surface area (Å²) in [6.07, 6.45) is 1.88. The summed E-state index contributed by atoms with van der Waals surface area (Å²) >= 11 is 5.97. The van der Waals surface area contributed by atoms with Crippen LogP contribution in [0.15, 0.2) is 24.4 Å². The van der Waals surface area contributed by atoms with Crippen LogP contribution in [0, 0.1) is 0 Å². The lowest BCUT2D eigenvalue weighted by molar-refractivity contribution is 0.969. The van der Waals surface area contributed by atoms with Crippen LogP contribution in [0.1, 0.15) is 0 Å². The van der Waals surface area contributed by atoms with Gasteiger partial charge in [0.1, 0.15) is 0 Å². The van der Waals surface area contributed by atoms with Gasteiger partial charge in [0.15, 0.2) is 0 Å². The summed E-state index contributed by atoms with van der Waals surface area (Å²) < 4.78 is 1.98.